The van der Waals surface area contributed by atoms with Gasteiger partial charge in [-0.3, -0.25) is 4.31 Å². The Balaban J connectivity index is 2.65. The first-order chi connectivity index (χ1) is 11.7. The lowest BCUT2D eigenvalue weighted by Crippen LogP contribution is -2.31. The molecule has 0 aromatic heterocycles. The summed E-state index contributed by atoms with van der Waals surface area (Å²) in [7, 11) is -2.65. The fourth-order valence-electron chi connectivity index (χ4n) is 2.13. The molecule has 4 nitrogen and oxygen atoms in total. The fourth-order valence-corrected chi connectivity index (χ4v) is 4.88. The summed E-state index contributed by atoms with van der Waals surface area (Å²) in [5.74, 6) is 0.270. The molecule has 0 fully saturated rings. The first-order valence-electron chi connectivity index (χ1n) is 6.84. The molecule has 0 aliphatic rings. The van der Waals surface area contributed by atoms with E-state index in [1.165, 1.54) is 43.5 Å². The zero-order valence-corrected chi connectivity index (χ0v) is 16.8. The zero-order valence-electron chi connectivity index (χ0n) is 13.0. The predicted octanol–water partition coefficient (Wildman–Crippen LogP) is 5.69. The molecule has 2 aromatic carbocycles. The van der Waals surface area contributed by atoms with E-state index < -0.39 is 10.0 Å². The van der Waals surface area contributed by atoms with E-state index in [-0.39, 0.29) is 32.9 Å². The Morgan fingerprint density at radius 2 is 1.68 bits per heavy atom. The van der Waals surface area contributed by atoms with Crippen LogP contribution in [0.5, 0.6) is 5.75 Å². The number of anilines is 1. The monoisotopic (exact) mass is 439 g/mol. The molecule has 25 heavy (non-hydrogen) atoms. The third-order valence-electron chi connectivity index (χ3n) is 3.23. The molecule has 0 spiro atoms. The van der Waals surface area contributed by atoms with E-state index in [9.17, 15) is 8.42 Å². The molecule has 0 bridgehead atoms. The van der Waals surface area contributed by atoms with E-state index in [0.717, 1.165) is 4.31 Å². The summed E-state index contributed by atoms with van der Waals surface area (Å²) in [5, 5.41) is 0.465. The van der Waals surface area contributed by atoms with Crippen molar-refractivity contribution in [3.05, 3.63) is 63.1 Å². The Labute approximate surface area is 166 Å². The molecule has 2 aromatic rings. The van der Waals surface area contributed by atoms with Crippen molar-refractivity contribution in [2.75, 3.05) is 18.0 Å². The minimum absolute atomic E-state index is 0.00733. The molecule has 0 N–H and O–H groups in total. The molecular weight excluding hydrogens is 428 g/mol. The van der Waals surface area contributed by atoms with Crippen LogP contribution in [0.3, 0.4) is 0 Å². The van der Waals surface area contributed by atoms with Gasteiger partial charge in [0.2, 0.25) is 0 Å². The average molecular weight is 441 g/mol. The molecule has 0 unspecified atom stereocenters. The number of sulfonamides is 1. The summed E-state index contributed by atoms with van der Waals surface area (Å²) in [5.41, 5.74) is 0.278. The molecule has 0 heterocycles. The predicted molar refractivity (Wildman–Crippen MR) is 104 cm³/mol. The summed E-state index contributed by atoms with van der Waals surface area (Å²) in [6.07, 6.45) is 1.44. The summed E-state index contributed by atoms with van der Waals surface area (Å²) in [6.45, 7) is 3.58. The van der Waals surface area contributed by atoms with Crippen LogP contribution in [0.2, 0.25) is 20.1 Å². The van der Waals surface area contributed by atoms with Crippen LogP contribution in [0, 0.1) is 0 Å². The second kappa shape index (κ2) is 8.06. The van der Waals surface area contributed by atoms with Gasteiger partial charge in [0, 0.05) is 10.0 Å². The molecule has 134 valence electrons. The van der Waals surface area contributed by atoms with Crippen molar-refractivity contribution in [2.45, 2.75) is 4.90 Å². The standard InChI is InChI=1S/C16H13Cl4NO3S/c1-3-6-21(12-8-10(17)7-11(18)9-12)25(22,23)14-5-4-13(24-2)15(19)16(14)20/h3-5,7-9H,1,6H2,2H3. The number of hydrogen-bond acceptors (Lipinski definition) is 3. The van der Waals surface area contributed by atoms with E-state index in [1.807, 2.05) is 0 Å². The molecular formula is C16H13Cl4NO3S. The van der Waals surface area contributed by atoms with Gasteiger partial charge >= 0.3 is 0 Å². The van der Waals surface area contributed by atoms with E-state index in [4.69, 9.17) is 51.1 Å². The van der Waals surface area contributed by atoms with E-state index in [2.05, 4.69) is 6.58 Å². The van der Waals surface area contributed by atoms with Crippen LogP contribution in [-0.2, 0) is 10.0 Å². The van der Waals surface area contributed by atoms with Crippen molar-refractivity contribution >= 4 is 62.1 Å². The van der Waals surface area contributed by atoms with Crippen LogP contribution in [0.1, 0.15) is 0 Å². The smallest absolute Gasteiger partial charge is 0.266 e. The van der Waals surface area contributed by atoms with Crippen LogP contribution in [0.4, 0.5) is 5.69 Å². The Bertz CT molecular complexity index is 896. The number of nitrogens with zero attached hydrogens (tertiary/aromatic N) is 1. The van der Waals surface area contributed by atoms with E-state index in [1.54, 1.807) is 0 Å². The van der Waals surface area contributed by atoms with Crippen molar-refractivity contribution in [2.24, 2.45) is 0 Å². The van der Waals surface area contributed by atoms with Gasteiger partial charge in [-0.05, 0) is 30.3 Å². The van der Waals surface area contributed by atoms with Gasteiger partial charge in [-0.2, -0.15) is 0 Å². The van der Waals surface area contributed by atoms with Gasteiger partial charge < -0.3 is 4.74 Å². The van der Waals surface area contributed by atoms with E-state index >= 15 is 0 Å². The number of ether oxygens (including phenoxy) is 1. The van der Waals surface area contributed by atoms with Gasteiger partial charge in [0.1, 0.15) is 15.7 Å². The van der Waals surface area contributed by atoms with Crippen molar-refractivity contribution in [1.29, 1.82) is 0 Å². The van der Waals surface area contributed by atoms with Crippen molar-refractivity contribution < 1.29 is 13.2 Å². The van der Waals surface area contributed by atoms with Crippen LogP contribution in [0.25, 0.3) is 0 Å². The topological polar surface area (TPSA) is 46.6 Å². The molecule has 9 heteroatoms. The van der Waals surface area contributed by atoms with Crippen LogP contribution in [-0.4, -0.2) is 22.1 Å². The second-order valence-corrected chi connectivity index (χ2v) is 8.31. The Hall–Kier alpha value is -1.11. The summed E-state index contributed by atoms with van der Waals surface area (Å²) in [4.78, 5) is -0.169. The van der Waals surface area contributed by atoms with Crippen LogP contribution < -0.4 is 9.04 Å². The lowest BCUT2D eigenvalue weighted by Gasteiger charge is -2.24. The molecule has 0 aliphatic heterocycles. The highest BCUT2D eigenvalue weighted by Gasteiger charge is 2.29. The number of benzene rings is 2. The van der Waals surface area contributed by atoms with Gasteiger partial charge in [0.05, 0.1) is 24.4 Å². The van der Waals surface area contributed by atoms with Crippen LogP contribution >= 0.6 is 46.4 Å². The Morgan fingerprint density at radius 3 is 2.20 bits per heavy atom. The third kappa shape index (κ3) is 4.18. The highest BCUT2D eigenvalue weighted by Crippen LogP contribution is 2.39. The first-order valence-corrected chi connectivity index (χ1v) is 9.79. The van der Waals surface area contributed by atoms with E-state index in [0.29, 0.717) is 10.0 Å². The van der Waals surface area contributed by atoms with Crippen molar-refractivity contribution in [1.82, 2.24) is 0 Å². The van der Waals surface area contributed by atoms with Gasteiger partial charge in [-0.15, -0.1) is 6.58 Å². The second-order valence-electron chi connectivity index (χ2n) is 4.85. The minimum Gasteiger partial charge on any atom is -0.495 e. The average Bonchev–Trinajstić information content (AvgIpc) is 2.53. The largest absolute Gasteiger partial charge is 0.495 e. The maximum atomic E-state index is 13.1. The van der Waals surface area contributed by atoms with Crippen LogP contribution in [0.15, 0.2) is 47.9 Å². The van der Waals surface area contributed by atoms with Gasteiger partial charge in [-0.25, -0.2) is 8.42 Å². The third-order valence-corrected chi connectivity index (χ3v) is 6.48. The molecule has 0 atom stereocenters. The lowest BCUT2D eigenvalue weighted by atomic mass is 10.3. The zero-order chi connectivity index (χ0) is 18.8. The molecule has 0 saturated carbocycles. The number of rotatable bonds is 6. The van der Waals surface area contributed by atoms with Gasteiger partial charge in [0.15, 0.2) is 0 Å². The minimum atomic E-state index is -4.06. The molecule has 0 amide bonds. The fraction of sp³-hybridized carbons (Fsp3) is 0.125. The first kappa shape index (κ1) is 20.2. The maximum absolute atomic E-state index is 13.1. The summed E-state index contributed by atoms with van der Waals surface area (Å²) in [6, 6.07) is 7.21. The SMILES string of the molecule is C=CCN(c1cc(Cl)cc(Cl)c1)S(=O)(=O)c1ccc(OC)c(Cl)c1Cl. The lowest BCUT2D eigenvalue weighted by molar-refractivity contribution is 0.414. The summed E-state index contributed by atoms with van der Waals surface area (Å²) < 4.78 is 32.4. The highest BCUT2D eigenvalue weighted by atomic mass is 35.5. The Kier molecular flexibility index (Phi) is 6.51. The molecule has 0 saturated heterocycles. The van der Waals surface area contributed by atoms with Gasteiger partial charge in [-0.1, -0.05) is 52.5 Å². The maximum Gasteiger partial charge on any atom is 0.266 e. The quantitative estimate of drug-likeness (QED) is 0.542. The number of halogens is 4. The number of hydrogen-bond donors (Lipinski definition) is 0. The molecule has 2 rings (SSSR count). The number of methoxy groups -OCH3 is 1. The Morgan fingerprint density at radius 1 is 1.08 bits per heavy atom. The van der Waals surface area contributed by atoms with Crippen molar-refractivity contribution in [3.8, 4) is 5.75 Å². The highest BCUT2D eigenvalue weighted by molar-refractivity contribution is 7.93. The molecule has 0 aliphatic carbocycles. The molecule has 0 radical (unpaired) electrons. The van der Waals surface area contributed by atoms with Gasteiger partial charge in [0.25, 0.3) is 10.0 Å². The summed E-state index contributed by atoms with van der Waals surface area (Å²) >= 11 is 24.2. The normalized spacial score (nSPS) is 11.2. The van der Waals surface area contributed by atoms with Crippen molar-refractivity contribution in [3.63, 3.8) is 0 Å².